The molecule has 1 amide bonds. The zero-order valence-corrected chi connectivity index (χ0v) is 14.9. The smallest absolute Gasteiger partial charge is 0.233 e. The van der Waals surface area contributed by atoms with Crippen LogP contribution < -0.4 is 5.73 Å². The van der Waals surface area contributed by atoms with Crippen LogP contribution in [-0.2, 0) is 11.3 Å². The molecule has 0 aliphatic rings. The number of nitrogens with two attached hydrogens (primary N) is 1. The van der Waals surface area contributed by atoms with E-state index in [0.29, 0.717) is 18.8 Å². The van der Waals surface area contributed by atoms with Crippen molar-refractivity contribution in [2.75, 3.05) is 18.0 Å². The number of nitrogens with zero attached hydrogens (tertiary/aromatic N) is 1. The van der Waals surface area contributed by atoms with Crippen molar-refractivity contribution in [1.29, 1.82) is 0 Å². The molecule has 112 valence electrons. The Morgan fingerprint density at radius 3 is 2.81 bits per heavy atom. The van der Waals surface area contributed by atoms with E-state index in [2.05, 4.69) is 22.0 Å². The summed E-state index contributed by atoms with van der Waals surface area (Å²) in [6, 6.07) is 11.7. The predicted molar refractivity (Wildman–Crippen MR) is 94.7 cm³/mol. The van der Waals surface area contributed by atoms with Gasteiger partial charge in [0.2, 0.25) is 5.91 Å². The van der Waals surface area contributed by atoms with Gasteiger partial charge in [0, 0.05) is 22.0 Å². The van der Waals surface area contributed by atoms with E-state index in [1.807, 2.05) is 42.2 Å². The van der Waals surface area contributed by atoms with Crippen LogP contribution in [0.25, 0.3) is 0 Å². The fourth-order valence-corrected chi connectivity index (χ4v) is 4.21. The van der Waals surface area contributed by atoms with Gasteiger partial charge in [0.05, 0.1) is 16.1 Å². The summed E-state index contributed by atoms with van der Waals surface area (Å²) >= 11 is 6.64. The molecule has 0 saturated carbocycles. The van der Waals surface area contributed by atoms with Crippen LogP contribution in [-0.4, -0.2) is 23.1 Å². The molecule has 1 aromatic carbocycles. The lowest BCUT2D eigenvalue weighted by atomic mass is 10.3. The Kier molecular flexibility index (Phi) is 6.14. The first kappa shape index (κ1) is 16.4. The topological polar surface area (TPSA) is 46.3 Å². The molecule has 0 radical (unpaired) electrons. The number of thiophene rings is 1. The molecule has 0 unspecified atom stereocenters. The molecule has 2 aromatic rings. The third-order valence-corrected chi connectivity index (χ3v) is 5.52. The highest BCUT2D eigenvalue weighted by Crippen LogP contribution is 2.24. The van der Waals surface area contributed by atoms with Crippen LogP contribution in [0, 0.1) is 0 Å². The number of carbonyl (C=O) groups is 1. The van der Waals surface area contributed by atoms with Gasteiger partial charge in [-0.2, -0.15) is 0 Å². The van der Waals surface area contributed by atoms with Crippen molar-refractivity contribution in [1.82, 2.24) is 4.90 Å². The molecule has 21 heavy (non-hydrogen) atoms. The Bertz CT molecular complexity index is 615. The molecular formula is C15H17BrN2OS2. The van der Waals surface area contributed by atoms with Crippen LogP contribution in [0.5, 0.6) is 0 Å². The monoisotopic (exact) mass is 384 g/mol. The van der Waals surface area contributed by atoms with E-state index in [1.54, 1.807) is 11.3 Å². The quantitative estimate of drug-likeness (QED) is 0.598. The number of halogens is 1. The summed E-state index contributed by atoms with van der Waals surface area (Å²) in [6.07, 6.45) is 0. The van der Waals surface area contributed by atoms with Gasteiger partial charge < -0.3 is 10.6 Å². The predicted octanol–water partition coefficient (Wildman–Crippen LogP) is 4.23. The number of anilines is 1. The molecule has 0 fully saturated rings. The standard InChI is InChI=1S/C15H17BrN2OS2/c1-2-18(9-13-6-7-14(16)21-13)15(19)10-20-12-5-3-4-11(17)8-12/h3-8H,2,9-10,17H2,1H3. The molecule has 3 nitrogen and oxygen atoms in total. The summed E-state index contributed by atoms with van der Waals surface area (Å²) in [6.45, 7) is 3.39. The zero-order chi connectivity index (χ0) is 15.2. The van der Waals surface area contributed by atoms with Crippen molar-refractivity contribution in [2.45, 2.75) is 18.4 Å². The van der Waals surface area contributed by atoms with Crippen LogP contribution >= 0.6 is 39.0 Å². The molecule has 0 bridgehead atoms. The van der Waals surface area contributed by atoms with Gasteiger partial charge in [0.1, 0.15) is 0 Å². The summed E-state index contributed by atoms with van der Waals surface area (Å²) in [5, 5.41) is 0. The second-order valence-corrected chi connectivity index (χ2v) is 8.07. The van der Waals surface area contributed by atoms with Gasteiger partial charge in [0.15, 0.2) is 0 Å². The number of carbonyl (C=O) groups excluding carboxylic acids is 1. The van der Waals surface area contributed by atoms with Gasteiger partial charge in [-0.25, -0.2) is 0 Å². The van der Waals surface area contributed by atoms with Crippen molar-refractivity contribution in [3.8, 4) is 0 Å². The van der Waals surface area contributed by atoms with Crippen molar-refractivity contribution in [3.63, 3.8) is 0 Å². The molecule has 1 aromatic heterocycles. The normalized spacial score (nSPS) is 10.6. The average Bonchev–Trinajstić information content (AvgIpc) is 2.87. The van der Waals surface area contributed by atoms with Crippen LogP contribution in [0.3, 0.4) is 0 Å². The summed E-state index contributed by atoms with van der Waals surface area (Å²) in [7, 11) is 0. The number of rotatable bonds is 6. The summed E-state index contributed by atoms with van der Waals surface area (Å²) < 4.78 is 1.09. The fourth-order valence-electron chi connectivity index (χ4n) is 1.84. The Morgan fingerprint density at radius 2 is 2.19 bits per heavy atom. The lowest BCUT2D eigenvalue weighted by molar-refractivity contribution is -0.128. The zero-order valence-electron chi connectivity index (χ0n) is 11.7. The van der Waals surface area contributed by atoms with E-state index >= 15 is 0 Å². The van der Waals surface area contributed by atoms with E-state index in [1.165, 1.54) is 16.6 Å². The Labute approximate surface area is 141 Å². The summed E-state index contributed by atoms with van der Waals surface area (Å²) in [4.78, 5) is 16.4. The van der Waals surface area contributed by atoms with Crippen LogP contribution in [0.1, 0.15) is 11.8 Å². The van der Waals surface area contributed by atoms with Crippen molar-refractivity contribution in [2.24, 2.45) is 0 Å². The van der Waals surface area contributed by atoms with Crippen molar-refractivity contribution < 1.29 is 4.79 Å². The van der Waals surface area contributed by atoms with Gasteiger partial charge in [-0.05, 0) is 53.2 Å². The second-order valence-electron chi connectivity index (χ2n) is 4.47. The minimum absolute atomic E-state index is 0.148. The van der Waals surface area contributed by atoms with Gasteiger partial charge in [-0.15, -0.1) is 23.1 Å². The molecule has 1 heterocycles. The number of hydrogen-bond acceptors (Lipinski definition) is 4. The number of benzene rings is 1. The van der Waals surface area contributed by atoms with Gasteiger partial charge in [-0.3, -0.25) is 4.79 Å². The lowest BCUT2D eigenvalue weighted by Gasteiger charge is -2.20. The largest absolute Gasteiger partial charge is 0.399 e. The first-order valence-electron chi connectivity index (χ1n) is 6.59. The molecule has 0 spiro atoms. The maximum Gasteiger partial charge on any atom is 0.233 e. The first-order chi connectivity index (χ1) is 10.1. The molecule has 2 rings (SSSR count). The number of thioether (sulfide) groups is 1. The van der Waals surface area contributed by atoms with Crippen LogP contribution in [0.15, 0.2) is 45.1 Å². The summed E-state index contributed by atoms with van der Waals surface area (Å²) in [5.41, 5.74) is 6.47. The highest BCUT2D eigenvalue weighted by Gasteiger charge is 2.13. The van der Waals surface area contributed by atoms with Crippen molar-refractivity contribution >= 4 is 50.6 Å². The molecule has 0 aliphatic carbocycles. The molecular weight excluding hydrogens is 368 g/mol. The first-order valence-corrected chi connectivity index (χ1v) is 9.18. The third-order valence-electron chi connectivity index (χ3n) is 2.93. The molecule has 6 heteroatoms. The minimum atomic E-state index is 0.148. The van der Waals surface area contributed by atoms with E-state index in [0.717, 1.165) is 14.4 Å². The van der Waals surface area contributed by atoms with Gasteiger partial charge in [-0.1, -0.05) is 6.07 Å². The number of nitrogen functional groups attached to an aromatic ring is 1. The maximum atomic E-state index is 12.3. The number of amides is 1. The van der Waals surface area contributed by atoms with Crippen LogP contribution in [0.4, 0.5) is 5.69 Å². The number of hydrogen-bond donors (Lipinski definition) is 1. The summed E-state index contributed by atoms with van der Waals surface area (Å²) in [5.74, 6) is 0.582. The highest BCUT2D eigenvalue weighted by atomic mass is 79.9. The van der Waals surface area contributed by atoms with E-state index in [9.17, 15) is 4.79 Å². The van der Waals surface area contributed by atoms with Crippen LogP contribution in [0.2, 0.25) is 0 Å². The van der Waals surface area contributed by atoms with E-state index in [4.69, 9.17) is 5.73 Å². The van der Waals surface area contributed by atoms with E-state index < -0.39 is 0 Å². The highest BCUT2D eigenvalue weighted by molar-refractivity contribution is 9.11. The maximum absolute atomic E-state index is 12.3. The molecule has 2 N–H and O–H groups in total. The Hall–Kier alpha value is -0.980. The Morgan fingerprint density at radius 1 is 1.38 bits per heavy atom. The second kappa shape index (κ2) is 7.87. The molecule has 0 atom stereocenters. The van der Waals surface area contributed by atoms with E-state index in [-0.39, 0.29) is 5.91 Å². The SMILES string of the molecule is CCN(Cc1ccc(Br)s1)C(=O)CSc1cccc(N)c1. The fraction of sp³-hybridized carbons (Fsp3) is 0.267. The van der Waals surface area contributed by atoms with Crippen molar-refractivity contribution in [3.05, 3.63) is 45.1 Å². The third kappa shape index (κ3) is 5.05. The molecule has 0 aliphatic heterocycles. The van der Waals surface area contributed by atoms with Gasteiger partial charge in [0.25, 0.3) is 0 Å². The average molecular weight is 385 g/mol. The van der Waals surface area contributed by atoms with Gasteiger partial charge >= 0.3 is 0 Å². The Balaban J connectivity index is 1.91. The molecule has 0 saturated heterocycles. The lowest BCUT2D eigenvalue weighted by Crippen LogP contribution is -2.31. The minimum Gasteiger partial charge on any atom is -0.399 e.